The van der Waals surface area contributed by atoms with E-state index in [1.807, 2.05) is 6.07 Å². The molecule has 5 aliphatic rings. The van der Waals surface area contributed by atoms with E-state index in [2.05, 4.69) is 25.1 Å². The van der Waals surface area contributed by atoms with Crippen LogP contribution < -0.4 is 15.0 Å². The lowest BCUT2D eigenvalue weighted by molar-refractivity contribution is -0.136. The third kappa shape index (κ3) is 7.39. The highest BCUT2D eigenvalue weighted by molar-refractivity contribution is 6.23. The van der Waals surface area contributed by atoms with Gasteiger partial charge in [0, 0.05) is 79.8 Å². The van der Waals surface area contributed by atoms with Gasteiger partial charge in [-0.1, -0.05) is 12.1 Å². The van der Waals surface area contributed by atoms with Crippen LogP contribution >= 0.6 is 0 Å². The normalized spacial score (nSPS) is 23.0. The Hall–Kier alpha value is -5.87. The summed E-state index contributed by atoms with van der Waals surface area (Å²) in [5, 5.41) is 3.50. The van der Waals surface area contributed by atoms with E-state index in [0.717, 1.165) is 86.4 Å². The topological polar surface area (TPSA) is 139 Å². The second-order valence-corrected chi connectivity index (χ2v) is 16.9. The first-order valence-corrected chi connectivity index (χ1v) is 21.0. The second kappa shape index (κ2) is 15.9. The van der Waals surface area contributed by atoms with Crippen LogP contribution in [-0.2, 0) is 14.3 Å². The molecule has 10 rings (SSSR count). The predicted octanol–water partition coefficient (Wildman–Crippen LogP) is 6.49. The molecule has 1 atom stereocenters. The van der Waals surface area contributed by atoms with E-state index in [1.165, 1.54) is 18.5 Å². The fourth-order valence-corrected chi connectivity index (χ4v) is 9.80. The van der Waals surface area contributed by atoms with Crippen LogP contribution in [0.15, 0.2) is 67.1 Å². The Bertz CT molecular complexity index is 2560. The van der Waals surface area contributed by atoms with Gasteiger partial charge in [-0.05, 0) is 92.8 Å². The minimum Gasteiger partial charge on any atom is -0.472 e. The van der Waals surface area contributed by atoms with E-state index in [1.54, 1.807) is 42.6 Å². The van der Waals surface area contributed by atoms with Crippen molar-refractivity contribution in [1.82, 2.24) is 29.7 Å². The fourth-order valence-electron chi connectivity index (χ4n) is 9.80. The van der Waals surface area contributed by atoms with Crippen LogP contribution in [0.2, 0.25) is 0 Å². The number of halogens is 3. The van der Waals surface area contributed by atoms with E-state index in [4.69, 9.17) is 9.47 Å². The molecule has 0 spiro atoms. The molecule has 7 heterocycles. The van der Waals surface area contributed by atoms with Crippen LogP contribution in [0.3, 0.4) is 0 Å². The number of benzene rings is 2. The Kier molecular flexibility index (Phi) is 10.2. The summed E-state index contributed by atoms with van der Waals surface area (Å²) in [5.74, 6) is -2.23. The van der Waals surface area contributed by atoms with Gasteiger partial charge >= 0.3 is 6.55 Å². The van der Waals surface area contributed by atoms with E-state index in [0.29, 0.717) is 38.9 Å². The number of likely N-dealkylation sites (tertiary alicyclic amines) is 1. The highest BCUT2D eigenvalue weighted by Crippen LogP contribution is 2.38. The first-order valence-electron chi connectivity index (χ1n) is 21.0. The Labute approximate surface area is 348 Å². The third-order valence-corrected chi connectivity index (χ3v) is 13.1. The van der Waals surface area contributed by atoms with Crippen molar-refractivity contribution in [3.8, 4) is 17.0 Å². The molecule has 3 saturated heterocycles. The van der Waals surface area contributed by atoms with Crippen LogP contribution in [0.4, 0.5) is 18.9 Å². The molecule has 2 aromatic carbocycles. The summed E-state index contributed by atoms with van der Waals surface area (Å²) in [6, 6.07) is 12.3. The number of anilines is 1. The maximum Gasteiger partial charge on any atom is 0.319 e. The number of aromatic nitrogens is 3. The van der Waals surface area contributed by atoms with E-state index < -0.39 is 42.0 Å². The molecular weight excluding hydrogens is 792 g/mol. The summed E-state index contributed by atoms with van der Waals surface area (Å²) < 4.78 is 57.0. The van der Waals surface area contributed by atoms with Crippen molar-refractivity contribution in [3.63, 3.8) is 0 Å². The molecule has 0 radical (unpaired) electrons. The number of piperidine rings is 3. The number of nitrogens with one attached hydrogen (secondary N) is 1. The molecule has 1 aliphatic carbocycles. The molecule has 13 nitrogen and oxygen atoms in total. The average Bonchev–Trinajstić information content (AvgIpc) is 3.71. The molecule has 4 amide bonds. The fraction of sp³-hybridized carbons (Fsp3) is 0.422. The summed E-state index contributed by atoms with van der Waals surface area (Å²) in [7, 11) is 0. The van der Waals surface area contributed by atoms with Crippen LogP contribution in [0, 0.1) is 11.7 Å². The summed E-state index contributed by atoms with van der Waals surface area (Å²) in [4.78, 5) is 64.5. The van der Waals surface area contributed by atoms with E-state index in [9.17, 15) is 28.0 Å². The summed E-state index contributed by atoms with van der Waals surface area (Å²) in [5.41, 5.74) is 3.17. The van der Waals surface area contributed by atoms with Crippen molar-refractivity contribution in [2.45, 2.75) is 82.3 Å². The highest BCUT2D eigenvalue weighted by atomic mass is 19.3. The molecule has 61 heavy (non-hydrogen) atoms. The zero-order valence-electron chi connectivity index (χ0n) is 33.3. The SMILES string of the molecule is O=C1CCC(N2C(=O)c3ccc(N4CCC(OC5CCN(CC6CC(Oc7ncc(-c8ccc9c%10cnccc%10n(C(F)F)c9c8)cc7F)C6)CC5)CC4)cc3C2=O)C(=O)N1. The summed E-state index contributed by atoms with van der Waals surface area (Å²) >= 11 is 0. The number of rotatable bonds is 10. The number of alkyl halides is 2. The van der Waals surface area contributed by atoms with Crippen molar-refractivity contribution >= 4 is 51.1 Å². The summed E-state index contributed by atoms with van der Waals surface area (Å²) in [6.45, 7) is 1.60. The smallest absolute Gasteiger partial charge is 0.319 e. The quantitative estimate of drug-likeness (QED) is 0.155. The molecule has 1 N–H and O–H groups in total. The molecule has 5 aromatic rings. The largest absolute Gasteiger partial charge is 0.472 e. The van der Waals surface area contributed by atoms with Gasteiger partial charge in [0.1, 0.15) is 12.1 Å². The Balaban J connectivity index is 0.661. The monoisotopic (exact) mass is 835 g/mol. The number of pyridine rings is 2. The number of hydrogen-bond donors (Lipinski definition) is 1. The minimum atomic E-state index is -2.75. The second-order valence-electron chi connectivity index (χ2n) is 16.9. The molecule has 3 aromatic heterocycles. The van der Waals surface area contributed by atoms with Crippen LogP contribution in [0.25, 0.3) is 32.9 Å². The van der Waals surface area contributed by atoms with Gasteiger partial charge in [0.25, 0.3) is 17.7 Å². The lowest BCUT2D eigenvalue weighted by atomic mass is 9.81. The van der Waals surface area contributed by atoms with Crippen LogP contribution in [0.5, 0.6) is 5.88 Å². The van der Waals surface area contributed by atoms with Gasteiger partial charge in [-0.2, -0.15) is 8.78 Å². The van der Waals surface area contributed by atoms with Gasteiger partial charge in [-0.3, -0.25) is 38.9 Å². The summed E-state index contributed by atoms with van der Waals surface area (Å²) in [6.07, 6.45) is 10.2. The lowest BCUT2D eigenvalue weighted by Gasteiger charge is -2.41. The van der Waals surface area contributed by atoms with Gasteiger partial charge in [0.2, 0.25) is 11.8 Å². The van der Waals surface area contributed by atoms with Crippen molar-refractivity contribution in [2.24, 2.45) is 5.92 Å². The van der Waals surface area contributed by atoms with Crippen molar-refractivity contribution < 1.29 is 41.8 Å². The zero-order chi connectivity index (χ0) is 41.9. The predicted molar refractivity (Wildman–Crippen MR) is 218 cm³/mol. The van der Waals surface area contributed by atoms with Gasteiger partial charge in [-0.25, -0.2) is 9.37 Å². The van der Waals surface area contributed by atoms with Gasteiger partial charge in [-0.15, -0.1) is 0 Å². The number of ether oxygens (including phenoxy) is 2. The Morgan fingerprint density at radius 3 is 2.26 bits per heavy atom. The molecule has 16 heteroatoms. The van der Waals surface area contributed by atoms with Gasteiger partial charge < -0.3 is 19.3 Å². The molecule has 4 aliphatic heterocycles. The number of carbonyl (C=O) groups is 4. The number of fused-ring (bicyclic) bond motifs is 4. The van der Waals surface area contributed by atoms with E-state index >= 15 is 4.39 Å². The third-order valence-electron chi connectivity index (χ3n) is 13.1. The lowest BCUT2D eigenvalue weighted by Crippen LogP contribution is -2.54. The number of hydrogen-bond acceptors (Lipinski definition) is 10. The maximum absolute atomic E-state index is 15.3. The Morgan fingerprint density at radius 2 is 1.52 bits per heavy atom. The number of imide groups is 2. The number of carbonyl (C=O) groups excluding carboxylic acids is 4. The molecular formula is C45H44F3N7O6. The van der Waals surface area contributed by atoms with Crippen molar-refractivity contribution in [3.05, 3.63) is 84.1 Å². The van der Waals surface area contributed by atoms with Crippen LogP contribution in [0.1, 0.15) is 78.6 Å². The van der Waals surface area contributed by atoms with Crippen molar-refractivity contribution in [2.75, 3.05) is 37.6 Å². The standard InChI is InChI=1S/C45H44F3N7O6/c46-36-19-27(26-1-3-32-35-23-49-12-7-37(35)54(45(47)48)39(32)20-26)22-50-42(36)61-31-17-25(18-31)24-52-13-8-29(9-14-52)60-30-10-15-53(16-11-30)28-2-4-33-34(21-28)44(59)55(43(33)58)38-5-6-40(56)51-41(38)57/h1-4,7,12,19-23,25,29-31,38,45H,5-6,8-11,13-18,24H2,(H,51,56,57). The first-order chi connectivity index (χ1) is 29.6. The maximum atomic E-state index is 15.3. The minimum absolute atomic E-state index is 0.0536. The number of amides is 4. The van der Waals surface area contributed by atoms with Gasteiger partial charge in [0.05, 0.1) is 34.4 Å². The molecule has 316 valence electrons. The molecule has 0 bridgehead atoms. The number of nitrogens with zero attached hydrogens (tertiary/aromatic N) is 6. The first kappa shape index (κ1) is 39.3. The Morgan fingerprint density at radius 1 is 0.770 bits per heavy atom. The molecule has 1 unspecified atom stereocenters. The molecule has 4 fully saturated rings. The van der Waals surface area contributed by atoms with Crippen molar-refractivity contribution in [1.29, 1.82) is 0 Å². The highest BCUT2D eigenvalue weighted by Gasteiger charge is 2.45. The van der Waals surface area contributed by atoms with Crippen LogP contribution in [-0.4, -0.2) is 105 Å². The van der Waals surface area contributed by atoms with E-state index in [-0.39, 0.29) is 48.2 Å². The zero-order valence-corrected chi connectivity index (χ0v) is 33.3. The average molecular weight is 836 g/mol. The molecule has 1 saturated carbocycles. The van der Waals surface area contributed by atoms with Gasteiger partial charge in [0.15, 0.2) is 5.82 Å².